The van der Waals surface area contributed by atoms with E-state index in [1.807, 2.05) is 12.3 Å². The number of hydrogen-bond donors (Lipinski definition) is 2. The zero-order chi connectivity index (χ0) is 14.2. The average molecular weight is 275 g/mol. The van der Waals surface area contributed by atoms with Crippen molar-refractivity contribution in [2.24, 2.45) is 5.84 Å². The molecule has 1 aromatic rings. The first-order chi connectivity index (χ1) is 9.83. The Morgan fingerprint density at radius 1 is 1.40 bits per heavy atom. The third kappa shape index (κ3) is 4.32. The molecule has 0 aliphatic heterocycles. The van der Waals surface area contributed by atoms with Crippen LogP contribution in [0.15, 0.2) is 30.1 Å². The molecule has 0 amide bonds. The lowest BCUT2D eigenvalue weighted by Crippen LogP contribution is -2.28. The summed E-state index contributed by atoms with van der Waals surface area (Å²) in [5.74, 6) is 6.55. The van der Waals surface area contributed by atoms with Gasteiger partial charge in [-0.05, 0) is 50.2 Å². The molecule has 4 nitrogen and oxygen atoms in total. The Morgan fingerprint density at radius 2 is 2.30 bits per heavy atom. The van der Waals surface area contributed by atoms with Crippen molar-refractivity contribution in [3.8, 4) is 5.75 Å². The zero-order valence-electron chi connectivity index (χ0n) is 12.3. The van der Waals surface area contributed by atoms with Crippen LogP contribution in [0.25, 0.3) is 0 Å². The number of pyridine rings is 1. The van der Waals surface area contributed by atoms with E-state index in [0.29, 0.717) is 0 Å². The number of nitrogens with one attached hydrogen (secondary N) is 1. The highest BCUT2D eigenvalue weighted by atomic mass is 16.5. The van der Waals surface area contributed by atoms with Crippen molar-refractivity contribution in [3.63, 3.8) is 0 Å². The number of nitrogens with two attached hydrogens (primary N) is 1. The molecule has 1 aromatic heterocycles. The van der Waals surface area contributed by atoms with E-state index in [1.54, 1.807) is 6.20 Å². The summed E-state index contributed by atoms with van der Waals surface area (Å²) in [6.07, 6.45) is 12.9. The molecule has 0 spiro atoms. The van der Waals surface area contributed by atoms with E-state index in [9.17, 15) is 0 Å². The molecule has 0 aromatic carbocycles. The summed E-state index contributed by atoms with van der Waals surface area (Å²) in [7, 11) is 0. The van der Waals surface area contributed by atoms with Gasteiger partial charge in [-0.1, -0.05) is 18.6 Å². The van der Waals surface area contributed by atoms with Gasteiger partial charge >= 0.3 is 0 Å². The van der Waals surface area contributed by atoms with E-state index in [1.165, 1.54) is 31.3 Å². The van der Waals surface area contributed by atoms with Gasteiger partial charge in [-0.25, -0.2) is 0 Å². The minimum Gasteiger partial charge on any atom is -0.492 e. The first-order valence-corrected chi connectivity index (χ1v) is 7.55. The fourth-order valence-corrected chi connectivity index (χ4v) is 2.55. The average Bonchev–Trinajstić information content (AvgIpc) is 2.52. The van der Waals surface area contributed by atoms with Gasteiger partial charge in [0.2, 0.25) is 0 Å². The monoisotopic (exact) mass is 275 g/mol. The summed E-state index contributed by atoms with van der Waals surface area (Å²) in [6.45, 7) is 2.81. The quantitative estimate of drug-likeness (QED) is 0.455. The number of allylic oxidation sites excluding steroid dienone is 1. The molecule has 3 N–H and O–H groups in total. The van der Waals surface area contributed by atoms with Crippen molar-refractivity contribution in [1.82, 2.24) is 10.4 Å². The Hall–Kier alpha value is -1.39. The lowest BCUT2D eigenvalue weighted by molar-refractivity contribution is 0.315. The normalized spacial score (nSPS) is 16.6. The summed E-state index contributed by atoms with van der Waals surface area (Å²) >= 11 is 0. The molecule has 0 fully saturated rings. The number of nitrogens with zero attached hydrogens (tertiary/aromatic N) is 1. The second-order valence-corrected chi connectivity index (χ2v) is 5.33. The number of ether oxygens (including phenoxy) is 1. The Labute approximate surface area is 121 Å². The van der Waals surface area contributed by atoms with Gasteiger partial charge < -0.3 is 4.74 Å². The largest absolute Gasteiger partial charge is 0.492 e. The van der Waals surface area contributed by atoms with Crippen LogP contribution < -0.4 is 16.0 Å². The smallest absolute Gasteiger partial charge is 0.137 e. The van der Waals surface area contributed by atoms with Crippen LogP contribution in [-0.4, -0.2) is 11.6 Å². The van der Waals surface area contributed by atoms with Crippen LogP contribution >= 0.6 is 0 Å². The molecule has 1 heterocycles. The number of hydrazine groups is 1. The molecule has 1 unspecified atom stereocenters. The summed E-state index contributed by atoms with van der Waals surface area (Å²) in [5.41, 5.74) is 5.50. The fraction of sp³-hybridized carbons (Fsp3) is 0.562. The molecule has 0 saturated heterocycles. The van der Waals surface area contributed by atoms with Crippen molar-refractivity contribution in [3.05, 3.63) is 35.7 Å². The third-order valence-electron chi connectivity index (χ3n) is 3.66. The minimum absolute atomic E-state index is 0.108. The number of aromatic nitrogens is 1. The molecule has 2 rings (SSSR count). The van der Waals surface area contributed by atoms with Crippen LogP contribution in [0.5, 0.6) is 5.75 Å². The van der Waals surface area contributed by atoms with Crippen LogP contribution in [0.1, 0.15) is 57.1 Å². The predicted molar refractivity (Wildman–Crippen MR) is 81.3 cm³/mol. The van der Waals surface area contributed by atoms with E-state index in [0.717, 1.165) is 30.8 Å². The van der Waals surface area contributed by atoms with Gasteiger partial charge in [-0.2, -0.15) is 0 Å². The Bertz CT molecular complexity index is 445. The Balaban J connectivity index is 2.04. The van der Waals surface area contributed by atoms with E-state index in [4.69, 9.17) is 10.6 Å². The Morgan fingerprint density at radius 3 is 3.00 bits per heavy atom. The van der Waals surface area contributed by atoms with Crippen molar-refractivity contribution in [2.75, 3.05) is 6.61 Å². The maximum Gasteiger partial charge on any atom is 0.137 e. The predicted octanol–water partition coefficient (Wildman–Crippen LogP) is 3.27. The first-order valence-electron chi connectivity index (χ1n) is 7.55. The first kappa shape index (κ1) is 15.0. The van der Waals surface area contributed by atoms with Crippen molar-refractivity contribution < 1.29 is 4.74 Å². The van der Waals surface area contributed by atoms with Gasteiger partial charge in [0.1, 0.15) is 5.75 Å². The molecule has 0 saturated carbocycles. The SMILES string of the molecule is CCCOc1cncc(C(CC2=CCCCC2)NN)c1. The second-order valence-electron chi connectivity index (χ2n) is 5.33. The molecular weight excluding hydrogens is 250 g/mol. The molecule has 1 aliphatic rings. The zero-order valence-corrected chi connectivity index (χ0v) is 12.3. The van der Waals surface area contributed by atoms with Crippen LogP contribution in [0.3, 0.4) is 0 Å². The molecule has 1 aliphatic carbocycles. The van der Waals surface area contributed by atoms with Crippen LogP contribution in [0.4, 0.5) is 0 Å². The Kier molecular flexibility index (Phi) is 6.02. The van der Waals surface area contributed by atoms with Gasteiger partial charge in [-0.3, -0.25) is 16.3 Å². The second kappa shape index (κ2) is 8.02. The summed E-state index contributed by atoms with van der Waals surface area (Å²) in [6, 6.07) is 2.15. The summed E-state index contributed by atoms with van der Waals surface area (Å²) in [5, 5.41) is 0. The van der Waals surface area contributed by atoms with Crippen LogP contribution in [0, 0.1) is 0 Å². The van der Waals surface area contributed by atoms with Crippen molar-refractivity contribution in [1.29, 1.82) is 0 Å². The van der Waals surface area contributed by atoms with Crippen molar-refractivity contribution >= 4 is 0 Å². The highest BCUT2D eigenvalue weighted by molar-refractivity contribution is 5.27. The highest BCUT2D eigenvalue weighted by Crippen LogP contribution is 2.28. The van der Waals surface area contributed by atoms with Gasteiger partial charge in [0, 0.05) is 6.20 Å². The minimum atomic E-state index is 0.108. The number of rotatable bonds is 7. The molecule has 0 radical (unpaired) electrons. The van der Waals surface area contributed by atoms with Gasteiger partial charge in [0.25, 0.3) is 0 Å². The molecule has 20 heavy (non-hydrogen) atoms. The highest BCUT2D eigenvalue weighted by Gasteiger charge is 2.14. The maximum absolute atomic E-state index is 5.73. The molecule has 110 valence electrons. The van der Waals surface area contributed by atoms with E-state index < -0.39 is 0 Å². The molecule has 0 bridgehead atoms. The summed E-state index contributed by atoms with van der Waals surface area (Å²) < 4.78 is 5.63. The lowest BCUT2D eigenvalue weighted by Gasteiger charge is -2.20. The fourth-order valence-electron chi connectivity index (χ4n) is 2.55. The standard InChI is InChI=1S/C16H25N3O/c1-2-8-20-15-10-14(11-18-12-15)16(19-17)9-13-6-4-3-5-7-13/h6,10-12,16,19H,2-5,7-9,17H2,1H3. The van der Waals surface area contributed by atoms with E-state index in [-0.39, 0.29) is 6.04 Å². The molecule has 4 heteroatoms. The van der Waals surface area contributed by atoms with Crippen molar-refractivity contribution in [2.45, 2.75) is 51.5 Å². The topological polar surface area (TPSA) is 60.2 Å². The lowest BCUT2D eigenvalue weighted by atomic mass is 9.92. The number of hydrogen-bond acceptors (Lipinski definition) is 4. The summed E-state index contributed by atoms with van der Waals surface area (Å²) in [4.78, 5) is 4.26. The molecule has 1 atom stereocenters. The van der Waals surface area contributed by atoms with E-state index in [2.05, 4.69) is 23.4 Å². The van der Waals surface area contributed by atoms with Gasteiger partial charge in [0.05, 0.1) is 18.8 Å². The van der Waals surface area contributed by atoms with Gasteiger partial charge in [-0.15, -0.1) is 0 Å². The maximum atomic E-state index is 5.73. The van der Waals surface area contributed by atoms with Crippen LogP contribution in [-0.2, 0) is 0 Å². The third-order valence-corrected chi connectivity index (χ3v) is 3.66. The van der Waals surface area contributed by atoms with Crippen LogP contribution in [0.2, 0.25) is 0 Å². The van der Waals surface area contributed by atoms with E-state index >= 15 is 0 Å². The molecular formula is C16H25N3O. The van der Waals surface area contributed by atoms with Gasteiger partial charge in [0.15, 0.2) is 0 Å².